The number of carbonyl (C=O) groups excluding carboxylic acids is 2. The topological polar surface area (TPSA) is 79.3 Å². The van der Waals surface area contributed by atoms with Crippen LogP contribution in [0.4, 0.5) is 5.82 Å². The molecule has 0 bridgehead atoms. The van der Waals surface area contributed by atoms with E-state index in [9.17, 15) is 9.59 Å². The molecule has 7 nitrogen and oxygen atoms in total. The van der Waals surface area contributed by atoms with E-state index >= 15 is 0 Å². The van der Waals surface area contributed by atoms with E-state index in [1.165, 1.54) is 12.8 Å². The van der Waals surface area contributed by atoms with Gasteiger partial charge in [-0.3, -0.25) is 9.59 Å². The van der Waals surface area contributed by atoms with Crippen molar-refractivity contribution in [1.82, 2.24) is 20.0 Å². The first-order valence-electron chi connectivity index (χ1n) is 9.13. The average molecular weight is 355 g/mol. The zero-order valence-electron chi connectivity index (χ0n) is 15.1. The molecule has 138 valence electrons. The van der Waals surface area contributed by atoms with Crippen LogP contribution in [-0.2, 0) is 4.79 Å². The number of amides is 2. The van der Waals surface area contributed by atoms with E-state index < -0.39 is 0 Å². The molecule has 0 saturated carbocycles. The molecule has 0 spiro atoms. The number of rotatable bonds is 7. The first kappa shape index (κ1) is 18.1. The van der Waals surface area contributed by atoms with Crippen LogP contribution < -0.4 is 10.6 Å². The molecular formula is C19H25N5O2. The highest BCUT2D eigenvalue weighted by atomic mass is 16.2. The van der Waals surface area contributed by atoms with Crippen molar-refractivity contribution in [1.29, 1.82) is 0 Å². The lowest BCUT2D eigenvalue weighted by atomic mass is 10.3. The second kappa shape index (κ2) is 8.62. The van der Waals surface area contributed by atoms with E-state index in [1.54, 1.807) is 17.7 Å². The molecule has 1 aromatic carbocycles. The molecule has 0 atom stereocenters. The van der Waals surface area contributed by atoms with Crippen LogP contribution in [0, 0.1) is 0 Å². The van der Waals surface area contributed by atoms with Crippen molar-refractivity contribution in [3.8, 4) is 5.69 Å². The molecule has 3 rings (SSSR count). The Bertz CT molecular complexity index is 751. The van der Waals surface area contributed by atoms with E-state index in [1.807, 2.05) is 30.3 Å². The summed E-state index contributed by atoms with van der Waals surface area (Å²) in [5.41, 5.74) is 1.08. The van der Waals surface area contributed by atoms with E-state index in [0.29, 0.717) is 24.5 Å². The summed E-state index contributed by atoms with van der Waals surface area (Å²) in [5.74, 6) is 0.140. The molecular weight excluding hydrogens is 330 g/mol. The maximum atomic E-state index is 12.5. The van der Waals surface area contributed by atoms with Crippen LogP contribution in [0.5, 0.6) is 0 Å². The Morgan fingerprint density at radius 3 is 2.58 bits per heavy atom. The smallest absolute Gasteiger partial charge is 0.271 e. The summed E-state index contributed by atoms with van der Waals surface area (Å²) >= 11 is 0. The van der Waals surface area contributed by atoms with Gasteiger partial charge < -0.3 is 15.5 Å². The highest BCUT2D eigenvalue weighted by molar-refractivity contribution is 5.95. The first-order valence-corrected chi connectivity index (χ1v) is 9.13. The van der Waals surface area contributed by atoms with Crippen LogP contribution in [0.15, 0.2) is 36.4 Å². The summed E-state index contributed by atoms with van der Waals surface area (Å²) < 4.78 is 1.59. The number of carbonyl (C=O) groups is 2. The lowest BCUT2D eigenvalue weighted by Gasteiger charge is -2.14. The number of hydrogen-bond acceptors (Lipinski definition) is 4. The van der Waals surface area contributed by atoms with Crippen molar-refractivity contribution >= 4 is 17.6 Å². The van der Waals surface area contributed by atoms with E-state index in [0.717, 1.165) is 25.3 Å². The zero-order valence-corrected chi connectivity index (χ0v) is 15.1. The predicted octanol–water partition coefficient (Wildman–Crippen LogP) is 2.05. The number of nitrogens with zero attached hydrogens (tertiary/aromatic N) is 3. The van der Waals surface area contributed by atoms with Gasteiger partial charge in [-0.25, -0.2) is 4.68 Å². The van der Waals surface area contributed by atoms with Gasteiger partial charge >= 0.3 is 0 Å². The summed E-state index contributed by atoms with van der Waals surface area (Å²) in [6.45, 7) is 5.43. The predicted molar refractivity (Wildman–Crippen MR) is 100 cm³/mol. The minimum atomic E-state index is -0.231. The Kier molecular flexibility index (Phi) is 6.01. The van der Waals surface area contributed by atoms with Crippen molar-refractivity contribution < 1.29 is 9.59 Å². The third-order valence-electron chi connectivity index (χ3n) is 4.44. The Morgan fingerprint density at radius 1 is 1.15 bits per heavy atom. The van der Waals surface area contributed by atoms with Gasteiger partial charge in [0.15, 0.2) is 5.69 Å². The molecule has 2 aromatic rings. The first-order chi connectivity index (χ1) is 12.7. The van der Waals surface area contributed by atoms with Gasteiger partial charge in [0.25, 0.3) is 5.91 Å². The second-order valence-electron chi connectivity index (χ2n) is 6.37. The summed E-state index contributed by atoms with van der Waals surface area (Å²) in [6.07, 6.45) is 2.82. The van der Waals surface area contributed by atoms with E-state index in [-0.39, 0.29) is 11.8 Å². The minimum Gasteiger partial charge on any atom is -0.349 e. The van der Waals surface area contributed by atoms with Crippen LogP contribution in [-0.4, -0.2) is 52.7 Å². The molecule has 0 unspecified atom stereocenters. The minimum absolute atomic E-state index is 0.122. The Balaban J connectivity index is 1.72. The number of nitrogens with one attached hydrogen (secondary N) is 2. The fourth-order valence-corrected chi connectivity index (χ4v) is 3.00. The number of hydrogen-bond donors (Lipinski definition) is 2. The van der Waals surface area contributed by atoms with E-state index in [2.05, 4.69) is 20.6 Å². The number of anilines is 1. The average Bonchev–Trinajstić information content (AvgIpc) is 3.32. The lowest BCUT2D eigenvalue weighted by molar-refractivity contribution is -0.115. The molecule has 2 N–H and O–H groups in total. The number of likely N-dealkylation sites (tertiary alicyclic amines) is 1. The third kappa shape index (κ3) is 4.49. The van der Waals surface area contributed by atoms with Crippen molar-refractivity contribution in [2.45, 2.75) is 26.2 Å². The molecule has 1 aromatic heterocycles. The van der Waals surface area contributed by atoms with Gasteiger partial charge in [0, 0.05) is 25.6 Å². The molecule has 1 aliphatic rings. The van der Waals surface area contributed by atoms with Gasteiger partial charge in [-0.2, -0.15) is 5.10 Å². The Labute approximate surface area is 153 Å². The molecule has 1 saturated heterocycles. The summed E-state index contributed by atoms with van der Waals surface area (Å²) in [7, 11) is 0. The van der Waals surface area contributed by atoms with Crippen LogP contribution in [0.2, 0.25) is 0 Å². The van der Waals surface area contributed by atoms with Crippen LogP contribution in [0.1, 0.15) is 36.7 Å². The van der Waals surface area contributed by atoms with Crippen LogP contribution in [0.3, 0.4) is 0 Å². The Hall–Kier alpha value is -2.67. The van der Waals surface area contributed by atoms with Gasteiger partial charge in [-0.15, -0.1) is 0 Å². The highest BCUT2D eigenvalue weighted by Gasteiger charge is 2.17. The zero-order chi connectivity index (χ0) is 18.4. The summed E-state index contributed by atoms with van der Waals surface area (Å²) in [6, 6.07) is 11.1. The maximum absolute atomic E-state index is 12.5. The maximum Gasteiger partial charge on any atom is 0.271 e. The summed E-state index contributed by atoms with van der Waals surface area (Å²) in [5, 5.41) is 10.1. The van der Waals surface area contributed by atoms with Gasteiger partial charge in [-0.05, 0) is 38.1 Å². The molecule has 1 fully saturated rings. The fourth-order valence-electron chi connectivity index (χ4n) is 3.00. The van der Waals surface area contributed by atoms with Crippen molar-refractivity contribution in [3.63, 3.8) is 0 Å². The molecule has 2 amide bonds. The highest BCUT2D eigenvalue weighted by Crippen LogP contribution is 2.17. The lowest BCUT2D eigenvalue weighted by Crippen LogP contribution is -2.33. The Morgan fingerprint density at radius 2 is 1.88 bits per heavy atom. The van der Waals surface area contributed by atoms with Crippen molar-refractivity contribution in [2.24, 2.45) is 0 Å². The van der Waals surface area contributed by atoms with Gasteiger partial charge in [0.05, 0.1) is 5.69 Å². The number of para-hydroxylation sites is 1. The molecule has 2 heterocycles. The van der Waals surface area contributed by atoms with Gasteiger partial charge in [0.1, 0.15) is 5.82 Å². The van der Waals surface area contributed by atoms with E-state index in [4.69, 9.17) is 0 Å². The second-order valence-corrected chi connectivity index (χ2v) is 6.37. The largest absolute Gasteiger partial charge is 0.349 e. The van der Waals surface area contributed by atoms with Crippen LogP contribution >= 0.6 is 0 Å². The normalized spacial score (nSPS) is 14.3. The standard InChI is InChI=1S/C19H25N5O2/c1-2-18(25)21-17-14-16(22-24(17)15-8-4-3-5-9-15)19(26)20-10-13-23-11-6-7-12-23/h3-5,8-9,14H,2,6-7,10-13H2,1H3,(H,20,26)(H,21,25). The molecule has 7 heteroatoms. The monoisotopic (exact) mass is 355 g/mol. The van der Waals surface area contributed by atoms with Crippen molar-refractivity contribution in [3.05, 3.63) is 42.1 Å². The third-order valence-corrected chi connectivity index (χ3v) is 4.44. The van der Waals surface area contributed by atoms with Gasteiger partial charge in [0.2, 0.25) is 5.91 Å². The van der Waals surface area contributed by atoms with Crippen LogP contribution in [0.25, 0.3) is 5.69 Å². The fraction of sp³-hybridized carbons (Fsp3) is 0.421. The van der Waals surface area contributed by atoms with Gasteiger partial charge in [-0.1, -0.05) is 25.1 Å². The quantitative estimate of drug-likeness (QED) is 0.797. The number of aromatic nitrogens is 2. The summed E-state index contributed by atoms with van der Waals surface area (Å²) in [4.78, 5) is 26.6. The number of benzene rings is 1. The SMILES string of the molecule is CCC(=O)Nc1cc(C(=O)NCCN2CCCC2)nn1-c1ccccc1. The molecule has 0 radical (unpaired) electrons. The van der Waals surface area contributed by atoms with Crippen molar-refractivity contribution in [2.75, 3.05) is 31.5 Å². The molecule has 0 aliphatic carbocycles. The molecule has 1 aliphatic heterocycles. The molecule has 26 heavy (non-hydrogen) atoms.